The molecule has 32 heavy (non-hydrogen) atoms. The summed E-state index contributed by atoms with van der Waals surface area (Å²) in [5.74, 6) is -0.818. The van der Waals surface area contributed by atoms with E-state index >= 15 is 0 Å². The predicted molar refractivity (Wildman–Crippen MR) is 107 cm³/mol. The van der Waals surface area contributed by atoms with E-state index in [1.807, 2.05) is 0 Å². The number of aliphatic hydroxyl groups is 1. The van der Waals surface area contributed by atoms with E-state index in [9.17, 15) is 27.9 Å². The van der Waals surface area contributed by atoms with Gasteiger partial charge in [0.2, 0.25) is 5.91 Å². The molecular weight excluding hydrogens is 433 g/mol. The Kier molecular flexibility index (Phi) is 6.17. The van der Waals surface area contributed by atoms with Crippen LogP contribution in [0.2, 0.25) is 0 Å². The molecule has 12 heteroatoms. The Labute approximate surface area is 179 Å². The summed E-state index contributed by atoms with van der Waals surface area (Å²) in [6.07, 6.45) is -4.14. The number of rotatable bonds is 7. The third-order valence-corrected chi connectivity index (χ3v) is 5.18. The van der Waals surface area contributed by atoms with Crippen molar-refractivity contribution in [2.75, 3.05) is 19.8 Å². The second-order valence-corrected chi connectivity index (χ2v) is 7.26. The van der Waals surface area contributed by atoms with Crippen molar-refractivity contribution >= 4 is 29.0 Å². The van der Waals surface area contributed by atoms with E-state index in [4.69, 9.17) is 20.3 Å². The van der Waals surface area contributed by atoms with Gasteiger partial charge in [0.1, 0.15) is 34.9 Å². The van der Waals surface area contributed by atoms with Gasteiger partial charge >= 0.3 is 6.18 Å². The number of fused-ring (bicyclic) bond motifs is 1. The maximum Gasteiger partial charge on any atom is 0.431 e. The Morgan fingerprint density at radius 3 is 2.75 bits per heavy atom. The van der Waals surface area contributed by atoms with E-state index in [0.717, 1.165) is 0 Å². The zero-order valence-corrected chi connectivity index (χ0v) is 16.9. The van der Waals surface area contributed by atoms with Gasteiger partial charge in [-0.25, -0.2) is 0 Å². The zero-order chi connectivity index (χ0) is 23.7. The minimum atomic E-state index is -4.80. The third-order valence-electron chi connectivity index (χ3n) is 5.18. The van der Waals surface area contributed by atoms with Crippen molar-refractivity contribution < 1.29 is 37.0 Å². The fraction of sp³-hybridized carbons (Fsp3) is 0.350. The smallest absolute Gasteiger partial charge is 0.431 e. The molecule has 1 saturated heterocycles. The van der Waals surface area contributed by atoms with Crippen molar-refractivity contribution in [3.63, 3.8) is 0 Å². The van der Waals surface area contributed by atoms with Crippen molar-refractivity contribution in [2.24, 2.45) is 5.73 Å². The molecule has 0 bridgehead atoms. The van der Waals surface area contributed by atoms with Crippen LogP contribution in [-0.4, -0.2) is 54.6 Å². The van der Waals surface area contributed by atoms with Gasteiger partial charge in [-0.05, 0) is 31.5 Å². The number of carbonyl (C=O) groups excluding carboxylic acids is 2. The standard InChI is InChI=1S/C20H21F3N4O5/c1-10-15(17(29)27-19(9-28)4-5-26-18(19)30)13-6-12(2-3-14(13)32-10)31-8-11(7-24)16(25)20(21,22)23/h2-3,6-7,24,28H,4-5,8-9,25H2,1H3,(H,26,30)(H,27,29)/b16-11+,24-7?/t19-/m1/s1. The topological polar surface area (TPSA) is 151 Å². The number of aryl methyl sites for hydroxylation is 1. The minimum absolute atomic E-state index is 0.0931. The van der Waals surface area contributed by atoms with Gasteiger partial charge in [0.05, 0.1) is 12.2 Å². The van der Waals surface area contributed by atoms with E-state index in [-0.39, 0.29) is 23.5 Å². The highest BCUT2D eigenvalue weighted by molar-refractivity contribution is 6.09. The molecule has 0 unspecified atom stereocenters. The van der Waals surface area contributed by atoms with Crippen LogP contribution in [0.4, 0.5) is 13.2 Å². The third kappa shape index (κ3) is 4.26. The van der Waals surface area contributed by atoms with Crippen LogP contribution in [0.1, 0.15) is 22.5 Å². The lowest BCUT2D eigenvalue weighted by Crippen LogP contribution is -2.56. The number of halogens is 3. The molecule has 0 radical (unpaired) electrons. The Morgan fingerprint density at radius 2 is 2.19 bits per heavy atom. The predicted octanol–water partition coefficient (Wildman–Crippen LogP) is 1.53. The van der Waals surface area contributed by atoms with Crippen molar-refractivity contribution in [1.29, 1.82) is 5.41 Å². The van der Waals surface area contributed by atoms with Crippen molar-refractivity contribution in [1.82, 2.24) is 10.6 Å². The highest BCUT2D eigenvalue weighted by Gasteiger charge is 2.44. The molecule has 6 N–H and O–H groups in total. The summed E-state index contributed by atoms with van der Waals surface area (Å²) < 4.78 is 49.2. The number of carbonyl (C=O) groups is 2. The van der Waals surface area contributed by atoms with Crippen LogP contribution in [0.3, 0.4) is 0 Å². The van der Waals surface area contributed by atoms with Crippen LogP contribution in [0, 0.1) is 12.3 Å². The van der Waals surface area contributed by atoms with Crippen LogP contribution in [0.5, 0.6) is 5.75 Å². The number of hydrogen-bond acceptors (Lipinski definition) is 7. The van der Waals surface area contributed by atoms with E-state index in [2.05, 4.69) is 10.6 Å². The first-order valence-electron chi connectivity index (χ1n) is 9.46. The first kappa shape index (κ1) is 23.1. The highest BCUT2D eigenvalue weighted by Crippen LogP contribution is 2.31. The Morgan fingerprint density at radius 1 is 1.47 bits per heavy atom. The molecule has 0 saturated carbocycles. The molecule has 0 spiro atoms. The van der Waals surface area contributed by atoms with Crippen LogP contribution < -0.4 is 21.1 Å². The van der Waals surface area contributed by atoms with Crippen LogP contribution in [0.25, 0.3) is 11.0 Å². The molecule has 2 heterocycles. The Balaban J connectivity index is 1.89. The number of nitrogens with one attached hydrogen (secondary N) is 3. The summed E-state index contributed by atoms with van der Waals surface area (Å²) in [5, 5.41) is 22.2. The number of nitrogens with two attached hydrogens (primary N) is 1. The van der Waals surface area contributed by atoms with Gasteiger partial charge < -0.3 is 36.0 Å². The molecule has 1 aliphatic heterocycles. The van der Waals surface area contributed by atoms with Crippen LogP contribution >= 0.6 is 0 Å². The number of alkyl halides is 3. The van der Waals surface area contributed by atoms with E-state index in [0.29, 0.717) is 23.7 Å². The SMILES string of the molecule is Cc1oc2ccc(OC/C(C=N)=C(/N)C(F)(F)F)cc2c1C(=O)N[C@@]1(CO)CCNC1=O. The van der Waals surface area contributed by atoms with Crippen LogP contribution in [0.15, 0.2) is 33.9 Å². The average molecular weight is 454 g/mol. The number of ether oxygens (including phenoxy) is 1. The lowest BCUT2D eigenvalue weighted by Gasteiger charge is -2.24. The summed E-state index contributed by atoms with van der Waals surface area (Å²) in [7, 11) is 0. The normalized spacial score (nSPS) is 19.5. The van der Waals surface area contributed by atoms with E-state index < -0.39 is 48.0 Å². The molecule has 1 atom stereocenters. The first-order chi connectivity index (χ1) is 15.0. The Hall–Kier alpha value is -3.54. The summed E-state index contributed by atoms with van der Waals surface area (Å²) in [5.41, 5.74) is 2.00. The maximum absolute atomic E-state index is 12.9. The van der Waals surface area contributed by atoms with Crippen molar-refractivity contribution in [3.8, 4) is 5.75 Å². The lowest BCUT2D eigenvalue weighted by atomic mass is 9.97. The monoisotopic (exact) mass is 454 g/mol. The molecule has 0 aliphatic carbocycles. The quantitative estimate of drug-likeness (QED) is 0.400. The largest absolute Gasteiger partial charge is 0.489 e. The molecule has 1 aromatic carbocycles. The average Bonchev–Trinajstić information content (AvgIpc) is 3.26. The van der Waals surface area contributed by atoms with Gasteiger partial charge in [0.25, 0.3) is 5.91 Å². The number of allylic oxidation sites excluding steroid dienone is 1. The summed E-state index contributed by atoms with van der Waals surface area (Å²) in [6, 6.07) is 4.30. The molecule has 1 aliphatic rings. The number of hydrogen-bond donors (Lipinski definition) is 5. The van der Waals surface area contributed by atoms with E-state index in [1.165, 1.54) is 25.1 Å². The van der Waals surface area contributed by atoms with Gasteiger partial charge in [-0.2, -0.15) is 13.2 Å². The zero-order valence-electron chi connectivity index (χ0n) is 16.9. The second-order valence-electron chi connectivity index (χ2n) is 7.26. The number of furan rings is 1. The van der Waals surface area contributed by atoms with E-state index in [1.54, 1.807) is 0 Å². The molecule has 172 valence electrons. The van der Waals surface area contributed by atoms with Crippen molar-refractivity contribution in [3.05, 3.63) is 40.8 Å². The lowest BCUT2D eigenvalue weighted by molar-refractivity contribution is -0.125. The molecule has 3 rings (SSSR count). The van der Waals surface area contributed by atoms with Gasteiger partial charge in [-0.1, -0.05) is 0 Å². The first-order valence-corrected chi connectivity index (χ1v) is 9.46. The molecular formula is C20H21F3N4O5. The fourth-order valence-electron chi connectivity index (χ4n) is 3.37. The molecule has 9 nitrogen and oxygen atoms in total. The summed E-state index contributed by atoms with van der Waals surface area (Å²) >= 11 is 0. The van der Waals surface area contributed by atoms with Gasteiger partial charge in [-0.3, -0.25) is 9.59 Å². The Bertz CT molecular complexity index is 1110. The van der Waals surface area contributed by atoms with Gasteiger partial charge in [0, 0.05) is 23.7 Å². The molecule has 1 fully saturated rings. The summed E-state index contributed by atoms with van der Waals surface area (Å²) in [4.78, 5) is 25.0. The second kappa shape index (κ2) is 8.54. The molecule has 2 amide bonds. The molecule has 2 aromatic rings. The fourth-order valence-corrected chi connectivity index (χ4v) is 3.37. The molecule has 1 aromatic heterocycles. The summed E-state index contributed by atoms with van der Waals surface area (Å²) in [6.45, 7) is 0.627. The number of aliphatic hydroxyl groups excluding tert-OH is 1. The highest BCUT2D eigenvalue weighted by atomic mass is 19.4. The van der Waals surface area contributed by atoms with Gasteiger partial charge in [0.15, 0.2) is 0 Å². The van der Waals surface area contributed by atoms with Gasteiger partial charge in [-0.15, -0.1) is 0 Å². The van der Waals surface area contributed by atoms with Crippen LogP contribution in [-0.2, 0) is 4.79 Å². The maximum atomic E-state index is 12.9. The number of benzene rings is 1. The minimum Gasteiger partial charge on any atom is -0.489 e. The number of amides is 2. The van der Waals surface area contributed by atoms with Crippen molar-refractivity contribution in [2.45, 2.75) is 25.1 Å².